The molecule has 1 saturated heterocycles. The largest absolute Gasteiger partial charge is 0.383 e. The molecule has 1 aliphatic rings. The van der Waals surface area contributed by atoms with Gasteiger partial charge in [-0.2, -0.15) is 0 Å². The molecule has 1 aromatic heterocycles. The van der Waals surface area contributed by atoms with Crippen LogP contribution in [0.2, 0.25) is 0 Å². The summed E-state index contributed by atoms with van der Waals surface area (Å²) in [5, 5.41) is 2.91. The third-order valence-electron chi connectivity index (χ3n) is 3.46. The van der Waals surface area contributed by atoms with Gasteiger partial charge in [0.2, 0.25) is 11.9 Å². The summed E-state index contributed by atoms with van der Waals surface area (Å²) in [6.45, 7) is 4.65. The van der Waals surface area contributed by atoms with Crippen molar-refractivity contribution in [1.29, 1.82) is 0 Å². The summed E-state index contributed by atoms with van der Waals surface area (Å²) in [5.41, 5.74) is 0.946. The van der Waals surface area contributed by atoms with E-state index in [1.165, 1.54) is 0 Å². The third kappa shape index (κ3) is 3.90. The number of anilines is 1. The number of rotatable bonds is 5. The van der Waals surface area contributed by atoms with Crippen LogP contribution in [0.3, 0.4) is 0 Å². The topological polar surface area (TPSA) is 67.3 Å². The Hall–Kier alpha value is -1.69. The third-order valence-corrected chi connectivity index (χ3v) is 3.46. The van der Waals surface area contributed by atoms with Crippen molar-refractivity contribution in [1.82, 2.24) is 15.3 Å². The Morgan fingerprint density at radius 2 is 2.45 bits per heavy atom. The normalized spacial score (nSPS) is 18.9. The summed E-state index contributed by atoms with van der Waals surface area (Å²) in [6, 6.07) is 1.88. The Morgan fingerprint density at radius 3 is 3.20 bits per heavy atom. The van der Waals surface area contributed by atoms with Gasteiger partial charge in [0.05, 0.1) is 12.5 Å². The van der Waals surface area contributed by atoms with Crippen molar-refractivity contribution in [3.05, 3.63) is 18.0 Å². The standard InChI is InChI=1S/C14H22N4O2/c1-11-5-6-16-14(17-11)18-8-3-4-12(10-18)13(19)15-7-9-20-2/h5-6,12H,3-4,7-10H2,1-2H3,(H,15,19). The lowest BCUT2D eigenvalue weighted by molar-refractivity contribution is -0.125. The van der Waals surface area contributed by atoms with Gasteiger partial charge >= 0.3 is 0 Å². The summed E-state index contributed by atoms with van der Waals surface area (Å²) < 4.78 is 4.94. The Labute approximate surface area is 119 Å². The first-order valence-electron chi connectivity index (χ1n) is 7.02. The minimum Gasteiger partial charge on any atom is -0.383 e. The molecule has 1 atom stereocenters. The molecule has 1 aliphatic heterocycles. The molecule has 0 aromatic carbocycles. The van der Waals surface area contributed by atoms with Crippen LogP contribution in [0.5, 0.6) is 0 Å². The van der Waals surface area contributed by atoms with Gasteiger partial charge in [0, 0.05) is 38.6 Å². The smallest absolute Gasteiger partial charge is 0.225 e. The Kier molecular flexibility index (Phi) is 5.29. The second kappa shape index (κ2) is 7.19. The lowest BCUT2D eigenvalue weighted by Gasteiger charge is -2.32. The van der Waals surface area contributed by atoms with Crippen LogP contribution >= 0.6 is 0 Å². The quantitative estimate of drug-likeness (QED) is 0.806. The van der Waals surface area contributed by atoms with Crippen LogP contribution in [0.1, 0.15) is 18.5 Å². The number of aryl methyl sites for hydroxylation is 1. The molecule has 1 fully saturated rings. The molecule has 2 rings (SSSR count). The first-order chi connectivity index (χ1) is 9.70. The number of methoxy groups -OCH3 is 1. The maximum absolute atomic E-state index is 12.1. The summed E-state index contributed by atoms with van der Waals surface area (Å²) >= 11 is 0. The number of piperidine rings is 1. The van der Waals surface area contributed by atoms with Crippen LogP contribution in [-0.2, 0) is 9.53 Å². The molecule has 0 saturated carbocycles. The van der Waals surface area contributed by atoms with E-state index in [9.17, 15) is 4.79 Å². The number of hydrogen-bond acceptors (Lipinski definition) is 5. The van der Waals surface area contributed by atoms with Crippen LogP contribution in [0.15, 0.2) is 12.3 Å². The van der Waals surface area contributed by atoms with Crippen molar-refractivity contribution in [2.75, 3.05) is 38.3 Å². The fraction of sp³-hybridized carbons (Fsp3) is 0.643. The fourth-order valence-corrected chi connectivity index (χ4v) is 2.38. The van der Waals surface area contributed by atoms with Gasteiger partial charge in [-0.3, -0.25) is 4.79 Å². The van der Waals surface area contributed by atoms with E-state index < -0.39 is 0 Å². The van der Waals surface area contributed by atoms with Gasteiger partial charge in [0.25, 0.3) is 0 Å². The molecule has 110 valence electrons. The summed E-state index contributed by atoms with van der Waals surface area (Å²) in [5.74, 6) is 0.823. The molecule has 6 heteroatoms. The molecule has 0 aliphatic carbocycles. The van der Waals surface area contributed by atoms with Crippen molar-refractivity contribution in [3.8, 4) is 0 Å². The van der Waals surface area contributed by atoms with Gasteiger partial charge in [-0.15, -0.1) is 0 Å². The van der Waals surface area contributed by atoms with Gasteiger partial charge in [0.15, 0.2) is 0 Å². The van der Waals surface area contributed by atoms with Crippen molar-refractivity contribution in [3.63, 3.8) is 0 Å². The van der Waals surface area contributed by atoms with Crippen LogP contribution in [0, 0.1) is 12.8 Å². The molecular weight excluding hydrogens is 256 g/mol. The Morgan fingerprint density at radius 1 is 1.60 bits per heavy atom. The summed E-state index contributed by atoms with van der Waals surface area (Å²) in [7, 11) is 1.63. The number of aromatic nitrogens is 2. The Bertz CT molecular complexity index is 453. The van der Waals surface area contributed by atoms with Gasteiger partial charge in [-0.05, 0) is 25.8 Å². The zero-order valence-electron chi connectivity index (χ0n) is 12.1. The van der Waals surface area contributed by atoms with E-state index in [4.69, 9.17) is 4.74 Å². The number of carbonyl (C=O) groups excluding carboxylic acids is 1. The maximum Gasteiger partial charge on any atom is 0.225 e. The van der Waals surface area contributed by atoms with Crippen LogP contribution < -0.4 is 10.2 Å². The lowest BCUT2D eigenvalue weighted by Crippen LogP contribution is -2.44. The zero-order chi connectivity index (χ0) is 14.4. The SMILES string of the molecule is COCCNC(=O)C1CCCN(c2nccc(C)n2)C1. The molecule has 1 unspecified atom stereocenters. The van der Waals surface area contributed by atoms with Crippen molar-refractivity contribution in [2.24, 2.45) is 5.92 Å². The highest BCUT2D eigenvalue weighted by Crippen LogP contribution is 2.20. The van der Waals surface area contributed by atoms with E-state index in [0.29, 0.717) is 19.7 Å². The molecule has 1 amide bonds. The number of nitrogens with zero attached hydrogens (tertiary/aromatic N) is 3. The molecule has 20 heavy (non-hydrogen) atoms. The average Bonchev–Trinajstić information content (AvgIpc) is 2.47. The summed E-state index contributed by atoms with van der Waals surface area (Å²) in [4.78, 5) is 22.9. The van der Waals surface area contributed by atoms with E-state index in [0.717, 1.165) is 31.0 Å². The Balaban J connectivity index is 1.93. The number of nitrogens with one attached hydrogen (secondary N) is 1. The van der Waals surface area contributed by atoms with E-state index in [2.05, 4.69) is 20.2 Å². The first-order valence-corrected chi connectivity index (χ1v) is 7.02. The maximum atomic E-state index is 12.1. The van der Waals surface area contributed by atoms with E-state index >= 15 is 0 Å². The molecule has 6 nitrogen and oxygen atoms in total. The van der Waals surface area contributed by atoms with Gasteiger partial charge < -0.3 is 15.0 Å². The molecule has 0 spiro atoms. The first kappa shape index (κ1) is 14.7. The second-order valence-electron chi connectivity index (χ2n) is 5.07. The van der Waals surface area contributed by atoms with E-state index in [1.54, 1.807) is 13.3 Å². The summed E-state index contributed by atoms with van der Waals surface area (Å²) in [6.07, 6.45) is 3.67. The van der Waals surface area contributed by atoms with Gasteiger partial charge in [-0.25, -0.2) is 9.97 Å². The average molecular weight is 278 g/mol. The highest BCUT2D eigenvalue weighted by molar-refractivity contribution is 5.79. The molecule has 0 bridgehead atoms. The molecular formula is C14H22N4O2. The predicted octanol–water partition coefficient (Wildman–Crippen LogP) is 0.764. The minimum atomic E-state index is 0.00437. The lowest BCUT2D eigenvalue weighted by atomic mass is 9.97. The zero-order valence-corrected chi connectivity index (χ0v) is 12.1. The number of hydrogen-bond donors (Lipinski definition) is 1. The molecule has 2 heterocycles. The van der Waals surface area contributed by atoms with Gasteiger partial charge in [0.1, 0.15) is 0 Å². The van der Waals surface area contributed by atoms with Gasteiger partial charge in [-0.1, -0.05) is 0 Å². The van der Waals surface area contributed by atoms with Crippen molar-refractivity contribution < 1.29 is 9.53 Å². The minimum absolute atomic E-state index is 0.00437. The molecule has 1 aromatic rings. The van der Waals surface area contributed by atoms with Crippen LogP contribution in [0.25, 0.3) is 0 Å². The van der Waals surface area contributed by atoms with Crippen LogP contribution in [0.4, 0.5) is 5.95 Å². The molecule has 0 radical (unpaired) electrons. The fourth-order valence-electron chi connectivity index (χ4n) is 2.38. The van der Waals surface area contributed by atoms with Crippen molar-refractivity contribution in [2.45, 2.75) is 19.8 Å². The number of ether oxygens (including phenoxy) is 1. The second-order valence-corrected chi connectivity index (χ2v) is 5.07. The van der Waals surface area contributed by atoms with E-state index in [-0.39, 0.29) is 11.8 Å². The van der Waals surface area contributed by atoms with E-state index in [1.807, 2.05) is 13.0 Å². The number of carbonyl (C=O) groups is 1. The highest BCUT2D eigenvalue weighted by Gasteiger charge is 2.26. The number of amides is 1. The van der Waals surface area contributed by atoms with Crippen molar-refractivity contribution >= 4 is 11.9 Å². The highest BCUT2D eigenvalue weighted by atomic mass is 16.5. The molecule has 1 N–H and O–H groups in total. The van der Waals surface area contributed by atoms with Crippen LogP contribution in [-0.4, -0.2) is 49.2 Å². The monoisotopic (exact) mass is 278 g/mol. The predicted molar refractivity (Wildman–Crippen MR) is 76.6 cm³/mol.